The van der Waals surface area contributed by atoms with Gasteiger partial charge in [0.1, 0.15) is 0 Å². The van der Waals surface area contributed by atoms with Crippen LogP contribution in [0.15, 0.2) is 105 Å². The number of nitrogens with zero attached hydrogens (tertiary/aromatic N) is 2. The van der Waals surface area contributed by atoms with Crippen LogP contribution in [0.4, 0.5) is 5.69 Å². The predicted molar refractivity (Wildman–Crippen MR) is 145 cm³/mol. The van der Waals surface area contributed by atoms with Gasteiger partial charge in [0.15, 0.2) is 5.58 Å². The Morgan fingerprint density at radius 3 is 2.46 bits per heavy atom. The molecule has 9 heteroatoms. The molecule has 0 N–H and O–H groups in total. The maximum atomic E-state index is 14.2. The molecule has 2 aromatic heterocycles. The van der Waals surface area contributed by atoms with Gasteiger partial charge in [-0.15, -0.1) is 0 Å². The lowest BCUT2D eigenvalue weighted by Crippen LogP contribution is -2.37. The van der Waals surface area contributed by atoms with E-state index in [2.05, 4.69) is 4.98 Å². The predicted octanol–water partition coefficient (Wildman–Crippen LogP) is 5.90. The summed E-state index contributed by atoms with van der Waals surface area (Å²) in [5, 5.41) is 2.60. The molecule has 6 aromatic rings. The second-order valence-corrected chi connectivity index (χ2v) is 11.3. The van der Waals surface area contributed by atoms with Gasteiger partial charge in [0.25, 0.3) is 15.9 Å². The number of carbonyl (C=O) groups is 1. The molecule has 0 aliphatic rings. The Balaban J connectivity index is 1.65. The molecule has 0 saturated carbocycles. The summed E-state index contributed by atoms with van der Waals surface area (Å²) in [6, 6.07) is 22.0. The lowest BCUT2D eigenvalue weighted by atomic mass is 10.1. The molecular weight excluding hydrogens is 508 g/mol. The Hall–Kier alpha value is -4.34. The van der Waals surface area contributed by atoms with Gasteiger partial charge in [0, 0.05) is 23.2 Å². The van der Waals surface area contributed by atoms with Crippen LogP contribution in [0.3, 0.4) is 0 Å². The Kier molecular flexibility index (Phi) is 5.40. The summed E-state index contributed by atoms with van der Waals surface area (Å²) < 4.78 is 35.1. The zero-order valence-corrected chi connectivity index (χ0v) is 21.0. The minimum atomic E-state index is -4.40. The topological polar surface area (TPSA) is 97.5 Å². The van der Waals surface area contributed by atoms with Gasteiger partial charge in [-0.2, -0.15) is 4.31 Å². The van der Waals surface area contributed by atoms with E-state index in [4.69, 9.17) is 4.42 Å². The average molecular weight is 527 g/mol. The van der Waals surface area contributed by atoms with Crippen molar-refractivity contribution in [3.63, 3.8) is 0 Å². The number of aryl methyl sites for hydroxylation is 1. The number of anilines is 1. The van der Waals surface area contributed by atoms with Crippen LogP contribution in [0.25, 0.3) is 31.8 Å². The van der Waals surface area contributed by atoms with E-state index in [0.717, 1.165) is 32.0 Å². The summed E-state index contributed by atoms with van der Waals surface area (Å²) in [7, 11) is -4.40. The minimum Gasteiger partial charge on any atom is -0.413 e. The van der Waals surface area contributed by atoms with Gasteiger partial charge in [0.2, 0.25) is 0 Å². The molecule has 0 atom stereocenters. The Bertz CT molecular complexity index is 2010. The molecule has 0 fully saturated rings. The zero-order chi connectivity index (χ0) is 25.7. The van der Waals surface area contributed by atoms with Crippen LogP contribution >= 0.6 is 11.3 Å². The van der Waals surface area contributed by atoms with Crippen LogP contribution in [0, 0.1) is 6.92 Å². The van der Waals surface area contributed by atoms with Crippen molar-refractivity contribution in [1.82, 2.24) is 4.98 Å². The molecule has 2 heterocycles. The highest BCUT2D eigenvalue weighted by atomic mass is 32.2. The number of amides is 1. The van der Waals surface area contributed by atoms with E-state index in [1.807, 2.05) is 25.1 Å². The van der Waals surface area contributed by atoms with E-state index in [1.54, 1.807) is 42.5 Å². The molecule has 0 saturated heterocycles. The highest BCUT2D eigenvalue weighted by Gasteiger charge is 2.34. The molecule has 0 bridgehead atoms. The number of hydrogen-bond acceptors (Lipinski definition) is 7. The van der Waals surface area contributed by atoms with Crippen molar-refractivity contribution in [2.75, 3.05) is 4.31 Å². The standard InChI is InChI=1S/C28H18N2O5S2/c1-17-8-9-19-14-21(11-10-18(19)13-17)37(33,34)30(27(31)20-5-4-12-29-16-20)24-15-25-26(35-28(32)36-25)23-7-3-2-6-22(23)24/h2-16H,1H3. The van der Waals surface area contributed by atoms with Crippen LogP contribution in [-0.2, 0) is 10.0 Å². The van der Waals surface area contributed by atoms with Crippen LogP contribution in [0.5, 0.6) is 0 Å². The first-order valence-electron chi connectivity index (χ1n) is 11.3. The first-order valence-corrected chi connectivity index (χ1v) is 13.5. The largest absolute Gasteiger partial charge is 0.413 e. The fourth-order valence-electron chi connectivity index (χ4n) is 4.41. The molecule has 0 aliphatic carbocycles. The zero-order valence-electron chi connectivity index (χ0n) is 19.4. The first kappa shape index (κ1) is 23.1. The molecule has 4 aromatic carbocycles. The SMILES string of the molecule is Cc1ccc2cc(S(=O)(=O)N(C(=O)c3cccnc3)c3cc4sc(=O)oc4c4ccccc34)ccc2c1. The van der Waals surface area contributed by atoms with E-state index in [1.165, 1.54) is 30.6 Å². The third kappa shape index (κ3) is 3.89. The van der Waals surface area contributed by atoms with Gasteiger partial charge in [-0.05, 0) is 48.0 Å². The third-order valence-electron chi connectivity index (χ3n) is 6.14. The molecule has 6 rings (SSSR count). The molecule has 0 radical (unpaired) electrons. The number of aromatic nitrogens is 1. The number of fused-ring (bicyclic) bond motifs is 4. The number of benzene rings is 4. The summed E-state index contributed by atoms with van der Waals surface area (Å²) in [4.78, 5) is 29.4. The Labute approximate surface area is 215 Å². The quantitative estimate of drug-likeness (QED) is 0.284. The molecule has 182 valence electrons. The third-order valence-corrected chi connectivity index (χ3v) is 8.60. The Morgan fingerprint density at radius 2 is 1.68 bits per heavy atom. The van der Waals surface area contributed by atoms with Crippen molar-refractivity contribution in [2.45, 2.75) is 11.8 Å². The minimum absolute atomic E-state index is 0.0364. The average Bonchev–Trinajstić information content (AvgIpc) is 3.29. The molecule has 37 heavy (non-hydrogen) atoms. The van der Waals surface area contributed by atoms with Crippen molar-refractivity contribution >= 4 is 64.8 Å². The van der Waals surface area contributed by atoms with Gasteiger partial charge in [-0.3, -0.25) is 9.78 Å². The fourth-order valence-corrected chi connectivity index (χ4v) is 6.59. The molecule has 7 nitrogen and oxygen atoms in total. The van der Waals surface area contributed by atoms with Crippen LogP contribution < -0.4 is 9.24 Å². The summed E-state index contributed by atoms with van der Waals surface area (Å²) in [6.07, 6.45) is 2.83. The van der Waals surface area contributed by atoms with Crippen LogP contribution in [0.2, 0.25) is 0 Å². The van der Waals surface area contributed by atoms with E-state index in [-0.39, 0.29) is 16.1 Å². The summed E-state index contributed by atoms with van der Waals surface area (Å²) in [6.45, 7) is 1.96. The number of pyridine rings is 1. The normalized spacial score (nSPS) is 11.8. The number of rotatable bonds is 4. The van der Waals surface area contributed by atoms with E-state index >= 15 is 0 Å². The summed E-state index contributed by atoms with van der Waals surface area (Å²) in [5.41, 5.74) is 1.63. The van der Waals surface area contributed by atoms with Gasteiger partial charge < -0.3 is 4.42 Å². The highest BCUT2D eigenvalue weighted by Crippen LogP contribution is 2.38. The first-order chi connectivity index (χ1) is 17.8. The number of sulfonamides is 1. The van der Waals surface area contributed by atoms with E-state index in [9.17, 15) is 18.0 Å². The summed E-state index contributed by atoms with van der Waals surface area (Å²) >= 11 is 0.848. The van der Waals surface area contributed by atoms with Gasteiger partial charge in [0.05, 0.1) is 20.8 Å². The second kappa shape index (κ2) is 8.65. The lowest BCUT2D eigenvalue weighted by Gasteiger charge is -2.24. The van der Waals surface area contributed by atoms with Crippen LogP contribution in [-0.4, -0.2) is 19.3 Å². The molecule has 0 unspecified atom stereocenters. The van der Waals surface area contributed by atoms with E-state index in [0.29, 0.717) is 21.1 Å². The van der Waals surface area contributed by atoms with Crippen molar-refractivity contribution in [3.8, 4) is 0 Å². The van der Waals surface area contributed by atoms with Gasteiger partial charge >= 0.3 is 4.94 Å². The fraction of sp³-hybridized carbons (Fsp3) is 0.0357. The van der Waals surface area contributed by atoms with Crippen molar-refractivity contribution in [3.05, 3.63) is 112 Å². The number of hydrogen-bond donors (Lipinski definition) is 0. The maximum absolute atomic E-state index is 14.2. The molecule has 0 aliphatic heterocycles. The maximum Gasteiger partial charge on any atom is 0.396 e. The van der Waals surface area contributed by atoms with Gasteiger partial charge in [-0.1, -0.05) is 65.4 Å². The smallest absolute Gasteiger partial charge is 0.396 e. The van der Waals surface area contributed by atoms with Crippen molar-refractivity contribution in [2.24, 2.45) is 0 Å². The van der Waals surface area contributed by atoms with Crippen molar-refractivity contribution in [1.29, 1.82) is 0 Å². The lowest BCUT2D eigenvalue weighted by molar-refractivity contribution is 0.100. The highest BCUT2D eigenvalue weighted by molar-refractivity contribution is 7.93. The Morgan fingerprint density at radius 1 is 0.919 bits per heavy atom. The van der Waals surface area contributed by atoms with Crippen molar-refractivity contribution < 1.29 is 17.6 Å². The van der Waals surface area contributed by atoms with E-state index < -0.39 is 20.9 Å². The second-order valence-electron chi connectivity index (χ2n) is 8.55. The molecule has 0 spiro atoms. The van der Waals surface area contributed by atoms with Gasteiger partial charge in [-0.25, -0.2) is 13.2 Å². The summed E-state index contributed by atoms with van der Waals surface area (Å²) in [5.74, 6) is -0.766. The monoisotopic (exact) mass is 526 g/mol. The number of carbonyl (C=O) groups excluding carboxylic acids is 1. The molecule has 1 amide bonds. The van der Waals surface area contributed by atoms with Crippen LogP contribution in [0.1, 0.15) is 15.9 Å². The molecular formula is C28H18N2O5S2.